The molecule has 0 amide bonds. The molecule has 0 unspecified atom stereocenters. The van der Waals surface area contributed by atoms with Crippen molar-refractivity contribution in [1.29, 1.82) is 0 Å². The van der Waals surface area contributed by atoms with Gasteiger partial charge in [-0.3, -0.25) is 0 Å². The molecule has 0 atom stereocenters. The topological polar surface area (TPSA) is 92.7 Å². The highest BCUT2D eigenvalue weighted by molar-refractivity contribution is 7.89. The van der Waals surface area contributed by atoms with Gasteiger partial charge >= 0.3 is 5.97 Å². The number of sulfonamides is 1. The van der Waals surface area contributed by atoms with Crippen molar-refractivity contribution >= 4 is 16.0 Å². The number of hydrogen-bond acceptors (Lipinski definition) is 4. The van der Waals surface area contributed by atoms with Gasteiger partial charge in [-0.1, -0.05) is 0 Å². The van der Waals surface area contributed by atoms with E-state index in [9.17, 15) is 17.6 Å². The minimum atomic E-state index is -4.09. The van der Waals surface area contributed by atoms with E-state index in [-0.39, 0.29) is 18.2 Å². The van der Waals surface area contributed by atoms with Gasteiger partial charge in [0.1, 0.15) is 10.7 Å². The zero-order chi connectivity index (χ0) is 16.0. The summed E-state index contributed by atoms with van der Waals surface area (Å²) in [5, 5.41) is 8.81. The van der Waals surface area contributed by atoms with Crippen molar-refractivity contribution in [3.05, 3.63) is 29.6 Å². The molecule has 1 aromatic carbocycles. The van der Waals surface area contributed by atoms with E-state index >= 15 is 0 Å². The van der Waals surface area contributed by atoms with Crippen LogP contribution in [0.5, 0.6) is 0 Å². The Bertz CT molecular complexity index is 601. The van der Waals surface area contributed by atoms with Crippen LogP contribution in [-0.2, 0) is 14.8 Å². The lowest BCUT2D eigenvalue weighted by Crippen LogP contribution is -2.27. The molecule has 21 heavy (non-hydrogen) atoms. The summed E-state index contributed by atoms with van der Waals surface area (Å²) in [6.07, 6.45) is 0.476. The molecule has 0 aromatic heterocycles. The third-order valence-electron chi connectivity index (χ3n) is 2.53. The number of rotatable bonds is 8. The van der Waals surface area contributed by atoms with Crippen LogP contribution < -0.4 is 4.72 Å². The summed E-state index contributed by atoms with van der Waals surface area (Å²) >= 11 is 0. The molecule has 1 aromatic rings. The summed E-state index contributed by atoms with van der Waals surface area (Å²) in [6.45, 7) is 4.16. The van der Waals surface area contributed by atoms with Gasteiger partial charge in [-0.05, 0) is 38.5 Å². The smallest absolute Gasteiger partial charge is 0.335 e. The molecule has 0 saturated heterocycles. The van der Waals surface area contributed by atoms with Crippen molar-refractivity contribution in [2.24, 2.45) is 0 Å². The molecule has 0 aliphatic heterocycles. The number of ether oxygens (including phenoxy) is 1. The summed E-state index contributed by atoms with van der Waals surface area (Å²) in [5.41, 5.74) is -0.292. The van der Waals surface area contributed by atoms with Gasteiger partial charge in [0, 0.05) is 13.2 Å². The van der Waals surface area contributed by atoms with Gasteiger partial charge in [-0.25, -0.2) is 22.3 Å². The predicted octanol–water partition coefficient (Wildman–Crippen LogP) is 1.62. The number of carboxylic acid groups (broad SMARTS) is 1. The second-order valence-corrected chi connectivity index (χ2v) is 6.36. The fraction of sp³-hybridized carbons (Fsp3) is 0.462. The Hall–Kier alpha value is -1.51. The fourth-order valence-corrected chi connectivity index (χ4v) is 2.69. The van der Waals surface area contributed by atoms with Crippen LogP contribution in [0.1, 0.15) is 30.6 Å². The SMILES string of the molecule is CC(C)OCCCNS(=O)(=O)c1cc(C(=O)O)ccc1F. The first-order valence-corrected chi connectivity index (χ1v) is 7.86. The first kappa shape index (κ1) is 17.5. The fourth-order valence-electron chi connectivity index (χ4n) is 1.52. The number of aromatic carboxylic acids is 1. The van der Waals surface area contributed by atoms with Gasteiger partial charge in [0.05, 0.1) is 11.7 Å². The first-order chi connectivity index (χ1) is 9.74. The highest BCUT2D eigenvalue weighted by Gasteiger charge is 2.20. The largest absolute Gasteiger partial charge is 0.478 e. The highest BCUT2D eigenvalue weighted by Crippen LogP contribution is 2.16. The van der Waals surface area contributed by atoms with Gasteiger partial charge in [0.25, 0.3) is 0 Å². The first-order valence-electron chi connectivity index (χ1n) is 6.38. The third kappa shape index (κ3) is 5.41. The van der Waals surface area contributed by atoms with Crippen molar-refractivity contribution < 1.29 is 27.4 Å². The van der Waals surface area contributed by atoms with Gasteiger partial charge < -0.3 is 9.84 Å². The maximum atomic E-state index is 13.6. The van der Waals surface area contributed by atoms with Gasteiger partial charge in [-0.15, -0.1) is 0 Å². The monoisotopic (exact) mass is 319 g/mol. The zero-order valence-electron chi connectivity index (χ0n) is 11.8. The number of benzene rings is 1. The molecule has 1 rings (SSSR count). The second-order valence-electron chi connectivity index (χ2n) is 4.62. The molecule has 0 spiro atoms. The van der Waals surface area contributed by atoms with E-state index < -0.39 is 26.7 Å². The number of nitrogens with one attached hydrogen (secondary N) is 1. The van der Waals surface area contributed by atoms with Crippen LogP contribution in [0.2, 0.25) is 0 Å². The van der Waals surface area contributed by atoms with Crippen LogP contribution in [-0.4, -0.2) is 38.7 Å². The third-order valence-corrected chi connectivity index (χ3v) is 4.01. The average molecular weight is 319 g/mol. The molecule has 0 heterocycles. The minimum Gasteiger partial charge on any atom is -0.478 e. The Labute approximate surface area is 123 Å². The lowest BCUT2D eigenvalue weighted by atomic mass is 10.2. The maximum Gasteiger partial charge on any atom is 0.335 e. The van der Waals surface area contributed by atoms with E-state index in [4.69, 9.17) is 9.84 Å². The van der Waals surface area contributed by atoms with Crippen LogP contribution in [0, 0.1) is 5.82 Å². The molecular weight excluding hydrogens is 301 g/mol. The van der Waals surface area contributed by atoms with Crippen molar-refractivity contribution in [1.82, 2.24) is 4.72 Å². The van der Waals surface area contributed by atoms with Crippen LogP contribution >= 0.6 is 0 Å². The number of carboxylic acids is 1. The molecule has 118 valence electrons. The Morgan fingerprint density at radius 3 is 2.67 bits per heavy atom. The molecular formula is C13H18FNO5S. The molecule has 0 radical (unpaired) electrons. The quantitative estimate of drug-likeness (QED) is 0.710. The molecule has 6 nitrogen and oxygen atoms in total. The van der Waals surface area contributed by atoms with Crippen molar-refractivity contribution in [2.45, 2.75) is 31.3 Å². The minimum absolute atomic E-state index is 0.0475. The van der Waals surface area contributed by atoms with Gasteiger partial charge in [0.2, 0.25) is 10.0 Å². The van der Waals surface area contributed by atoms with Gasteiger partial charge in [-0.2, -0.15) is 0 Å². The molecule has 2 N–H and O–H groups in total. The lowest BCUT2D eigenvalue weighted by molar-refractivity contribution is 0.0696. The Morgan fingerprint density at radius 2 is 2.10 bits per heavy atom. The zero-order valence-corrected chi connectivity index (χ0v) is 12.6. The van der Waals surface area contributed by atoms with Crippen LogP contribution in [0.4, 0.5) is 4.39 Å². The molecule has 0 fully saturated rings. The van der Waals surface area contributed by atoms with Gasteiger partial charge in [0.15, 0.2) is 0 Å². The number of hydrogen-bond donors (Lipinski definition) is 2. The molecule has 0 saturated carbocycles. The molecule has 0 aliphatic carbocycles. The van der Waals surface area contributed by atoms with E-state index in [1.54, 1.807) is 0 Å². The van der Waals surface area contributed by atoms with Crippen LogP contribution in [0.25, 0.3) is 0 Å². The average Bonchev–Trinajstić information content (AvgIpc) is 2.37. The second kappa shape index (κ2) is 7.48. The lowest BCUT2D eigenvalue weighted by Gasteiger charge is -2.10. The maximum absolute atomic E-state index is 13.6. The van der Waals surface area contributed by atoms with E-state index in [0.29, 0.717) is 13.0 Å². The summed E-state index contributed by atoms with van der Waals surface area (Å²) < 4.78 is 44.9. The number of halogens is 1. The Kier molecular flexibility index (Phi) is 6.25. The summed E-state index contributed by atoms with van der Waals surface area (Å²) in [7, 11) is -4.09. The van der Waals surface area contributed by atoms with Crippen LogP contribution in [0.3, 0.4) is 0 Å². The summed E-state index contributed by atoms with van der Waals surface area (Å²) in [6, 6.07) is 2.62. The standard InChI is InChI=1S/C13H18FNO5S/c1-9(2)20-7-3-6-15-21(18,19)12-8-10(13(16)17)4-5-11(12)14/h4-5,8-9,15H,3,6-7H2,1-2H3,(H,16,17). The molecule has 0 bridgehead atoms. The normalized spacial score (nSPS) is 11.8. The molecule has 0 aliphatic rings. The van der Waals surface area contributed by atoms with Crippen molar-refractivity contribution in [3.63, 3.8) is 0 Å². The van der Waals surface area contributed by atoms with E-state index in [1.165, 1.54) is 0 Å². The van der Waals surface area contributed by atoms with Crippen molar-refractivity contribution in [2.75, 3.05) is 13.2 Å². The van der Waals surface area contributed by atoms with Crippen molar-refractivity contribution in [3.8, 4) is 0 Å². The summed E-state index contributed by atoms with van der Waals surface area (Å²) in [5.74, 6) is -2.32. The number of carbonyl (C=O) groups is 1. The Balaban J connectivity index is 2.74. The van der Waals surface area contributed by atoms with E-state index in [1.807, 2.05) is 13.8 Å². The summed E-state index contributed by atoms with van der Waals surface area (Å²) in [4.78, 5) is 10.1. The van der Waals surface area contributed by atoms with E-state index in [0.717, 1.165) is 18.2 Å². The Morgan fingerprint density at radius 1 is 1.43 bits per heavy atom. The highest BCUT2D eigenvalue weighted by atomic mass is 32.2. The molecule has 8 heteroatoms. The van der Waals surface area contributed by atoms with Crippen LogP contribution in [0.15, 0.2) is 23.1 Å². The predicted molar refractivity (Wildman–Crippen MR) is 74.3 cm³/mol. The van der Waals surface area contributed by atoms with E-state index in [2.05, 4.69) is 4.72 Å².